The maximum atomic E-state index is 11.0. The van der Waals surface area contributed by atoms with Crippen LogP contribution in [0.2, 0.25) is 0 Å². The molecule has 0 aromatic rings. The van der Waals surface area contributed by atoms with Crippen molar-refractivity contribution in [3.63, 3.8) is 0 Å². The van der Waals surface area contributed by atoms with Gasteiger partial charge in [0.05, 0.1) is 0 Å². The zero-order valence-electron chi connectivity index (χ0n) is 7.90. The molecule has 0 unspecified atom stereocenters. The van der Waals surface area contributed by atoms with E-state index in [2.05, 4.69) is 19.2 Å². The number of alkyl halides is 1. The highest BCUT2D eigenvalue weighted by atomic mass is 35.5. The van der Waals surface area contributed by atoms with Gasteiger partial charge < -0.3 is 5.32 Å². The molecule has 0 bridgehead atoms. The van der Waals surface area contributed by atoms with Crippen molar-refractivity contribution in [1.29, 1.82) is 0 Å². The van der Waals surface area contributed by atoms with E-state index in [1.54, 1.807) is 0 Å². The van der Waals surface area contributed by atoms with Crippen LogP contribution in [-0.2, 0) is 4.79 Å². The number of amides is 1. The van der Waals surface area contributed by atoms with Crippen LogP contribution in [0.5, 0.6) is 0 Å². The molecular formula is C9H18ClNO. The Hall–Kier alpha value is -0.240. The number of carbonyl (C=O) groups is 1. The fourth-order valence-corrected chi connectivity index (χ4v) is 1.18. The monoisotopic (exact) mass is 191 g/mol. The highest BCUT2D eigenvalue weighted by Crippen LogP contribution is 2.04. The van der Waals surface area contributed by atoms with Crippen LogP contribution in [0.1, 0.15) is 33.1 Å². The standard InChI is InChI=1S/C9H18ClNO/c1-3-8(4-2)7-11-9(12)5-6-10/h8H,3-7H2,1-2H3,(H,11,12). The summed E-state index contributed by atoms with van der Waals surface area (Å²) in [6.07, 6.45) is 2.68. The fourth-order valence-electron chi connectivity index (χ4n) is 1.01. The minimum Gasteiger partial charge on any atom is -0.356 e. The highest BCUT2D eigenvalue weighted by molar-refractivity contribution is 6.18. The molecule has 1 N–H and O–H groups in total. The van der Waals surface area contributed by atoms with E-state index in [1.165, 1.54) is 0 Å². The van der Waals surface area contributed by atoms with Gasteiger partial charge in [0.2, 0.25) is 5.91 Å². The van der Waals surface area contributed by atoms with Gasteiger partial charge in [-0.25, -0.2) is 0 Å². The first-order valence-corrected chi connectivity index (χ1v) is 5.10. The fraction of sp³-hybridized carbons (Fsp3) is 0.889. The Balaban J connectivity index is 3.44. The summed E-state index contributed by atoms with van der Waals surface area (Å²) in [5.41, 5.74) is 0. The number of hydrogen-bond acceptors (Lipinski definition) is 1. The molecule has 72 valence electrons. The summed E-state index contributed by atoms with van der Waals surface area (Å²) in [6, 6.07) is 0. The lowest BCUT2D eigenvalue weighted by Crippen LogP contribution is -2.28. The van der Waals surface area contributed by atoms with E-state index in [1.807, 2.05) is 0 Å². The van der Waals surface area contributed by atoms with Gasteiger partial charge in [0.25, 0.3) is 0 Å². The summed E-state index contributed by atoms with van der Waals surface area (Å²) in [5.74, 6) is 1.09. The minimum absolute atomic E-state index is 0.0666. The zero-order valence-corrected chi connectivity index (χ0v) is 8.66. The average Bonchev–Trinajstić information content (AvgIpc) is 2.07. The summed E-state index contributed by atoms with van der Waals surface area (Å²) in [7, 11) is 0. The second-order valence-electron chi connectivity index (χ2n) is 2.93. The first-order chi connectivity index (χ1) is 5.74. The van der Waals surface area contributed by atoms with E-state index in [-0.39, 0.29) is 5.91 Å². The normalized spacial score (nSPS) is 10.3. The molecule has 0 aliphatic heterocycles. The van der Waals surface area contributed by atoms with Crippen LogP contribution in [0.4, 0.5) is 0 Å². The van der Waals surface area contributed by atoms with Gasteiger partial charge in [-0.2, -0.15) is 0 Å². The van der Waals surface area contributed by atoms with E-state index < -0.39 is 0 Å². The van der Waals surface area contributed by atoms with Gasteiger partial charge in [-0.15, -0.1) is 11.6 Å². The number of carbonyl (C=O) groups excluding carboxylic acids is 1. The predicted octanol–water partition coefficient (Wildman–Crippen LogP) is 2.17. The number of hydrogen-bond donors (Lipinski definition) is 1. The van der Waals surface area contributed by atoms with E-state index in [4.69, 9.17) is 11.6 Å². The van der Waals surface area contributed by atoms with Crippen molar-refractivity contribution in [2.45, 2.75) is 33.1 Å². The summed E-state index contributed by atoms with van der Waals surface area (Å²) >= 11 is 5.42. The van der Waals surface area contributed by atoms with Crippen LogP contribution < -0.4 is 5.32 Å². The molecule has 2 nitrogen and oxygen atoms in total. The molecule has 0 atom stereocenters. The van der Waals surface area contributed by atoms with E-state index in [0.29, 0.717) is 18.2 Å². The Morgan fingerprint density at radius 3 is 2.42 bits per heavy atom. The van der Waals surface area contributed by atoms with Crippen molar-refractivity contribution in [3.8, 4) is 0 Å². The maximum absolute atomic E-state index is 11.0. The average molecular weight is 192 g/mol. The molecule has 0 radical (unpaired) electrons. The van der Waals surface area contributed by atoms with Crippen LogP contribution >= 0.6 is 11.6 Å². The topological polar surface area (TPSA) is 29.1 Å². The molecule has 0 fully saturated rings. The molecule has 0 saturated carbocycles. The lowest BCUT2D eigenvalue weighted by molar-refractivity contribution is -0.120. The Labute approximate surface area is 79.7 Å². The SMILES string of the molecule is CCC(CC)CNC(=O)CCCl. The maximum Gasteiger partial charge on any atom is 0.221 e. The third kappa shape index (κ3) is 5.42. The summed E-state index contributed by atoms with van der Waals surface area (Å²) in [5, 5.41) is 2.86. The first kappa shape index (κ1) is 11.8. The van der Waals surface area contributed by atoms with E-state index in [0.717, 1.165) is 19.4 Å². The van der Waals surface area contributed by atoms with Crippen LogP contribution in [0, 0.1) is 5.92 Å². The molecule has 3 heteroatoms. The van der Waals surface area contributed by atoms with Crippen LogP contribution in [-0.4, -0.2) is 18.3 Å². The molecule has 0 aromatic heterocycles. The third-order valence-corrected chi connectivity index (χ3v) is 2.25. The molecule has 0 aliphatic carbocycles. The largest absolute Gasteiger partial charge is 0.356 e. The van der Waals surface area contributed by atoms with Gasteiger partial charge in [-0.05, 0) is 5.92 Å². The van der Waals surface area contributed by atoms with Crippen LogP contribution in [0.15, 0.2) is 0 Å². The summed E-state index contributed by atoms with van der Waals surface area (Å²) in [4.78, 5) is 11.0. The highest BCUT2D eigenvalue weighted by Gasteiger charge is 2.05. The zero-order chi connectivity index (χ0) is 9.40. The van der Waals surface area contributed by atoms with Crippen molar-refractivity contribution in [3.05, 3.63) is 0 Å². The van der Waals surface area contributed by atoms with Crippen LogP contribution in [0.3, 0.4) is 0 Å². The molecule has 0 rings (SSSR count). The molecule has 0 saturated heterocycles. The molecule has 1 amide bonds. The quantitative estimate of drug-likeness (QED) is 0.641. The Bertz CT molecular complexity index is 124. The third-order valence-electron chi connectivity index (χ3n) is 2.06. The Morgan fingerprint density at radius 2 is 2.00 bits per heavy atom. The minimum atomic E-state index is 0.0666. The molecule has 0 spiro atoms. The van der Waals surface area contributed by atoms with Crippen molar-refractivity contribution < 1.29 is 4.79 Å². The Morgan fingerprint density at radius 1 is 1.42 bits per heavy atom. The number of nitrogens with one attached hydrogen (secondary N) is 1. The van der Waals surface area contributed by atoms with Crippen molar-refractivity contribution in [2.24, 2.45) is 5.92 Å². The van der Waals surface area contributed by atoms with E-state index in [9.17, 15) is 4.79 Å². The molecular weight excluding hydrogens is 174 g/mol. The molecule has 12 heavy (non-hydrogen) atoms. The number of halogens is 1. The second kappa shape index (κ2) is 7.41. The second-order valence-corrected chi connectivity index (χ2v) is 3.30. The molecule has 0 heterocycles. The van der Waals surface area contributed by atoms with Crippen molar-refractivity contribution in [1.82, 2.24) is 5.32 Å². The first-order valence-electron chi connectivity index (χ1n) is 4.57. The van der Waals surface area contributed by atoms with Gasteiger partial charge in [-0.3, -0.25) is 4.79 Å². The smallest absolute Gasteiger partial charge is 0.221 e. The van der Waals surface area contributed by atoms with Crippen LogP contribution in [0.25, 0.3) is 0 Å². The van der Waals surface area contributed by atoms with Crippen molar-refractivity contribution in [2.75, 3.05) is 12.4 Å². The molecule has 0 aromatic carbocycles. The Kier molecular flexibility index (Phi) is 7.26. The van der Waals surface area contributed by atoms with Gasteiger partial charge >= 0.3 is 0 Å². The number of rotatable bonds is 6. The predicted molar refractivity (Wildman–Crippen MR) is 52.4 cm³/mol. The van der Waals surface area contributed by atoms with Crippen molar-refractivity contribution >= 4 is 17.5 Å². The van der Waals surface area contributed by atoms with Gasteiger partial charge in [0.1, 0.15) is 0 Å². The summed E-state index contributed by atoms with van der Waals surface area (Å²) < 4.78 is 0. The van der Waals surface area contributed by atoms with Gasteiger partial charge in [0, 0.05) is 18.8 Å². The lowest BCUT2D eigenvalue weighted by Gasteiger charge is -2.12. The molecule has 0 aliphatic rings. The summed E-state index contributed by atoms with van der Waals surface area (Å²) in [6.45, 7) is 5.08. The van der Waals surface area contributed by atoms with Gasteiger partial charge in [0.15, 0.2) is 0 Å². The van der Waals surface area contributed by atoms with E-state index >= 15 is 0 Å². The lowest BCUT2D eigenvalue weighted by atomic mass is 10.0. The van der Waals surface area contributed by atoms with Gasteiger partial charge in [-0.1, -0.05) is 26.7 Å².